The number of rotatable bonds is 3. The van der Waals surface area contributed by atoms with E-state index < -0.39 is 0 Å². The number of carbonyl (C=O) groups is 1. The van der Waals surface area contributed by atoms with Crippen molar-refractivity contribution in [2.24, 2.45) is 0 Å². The number of hydrogen-bond acceptors (Lipinski definition) is 2. The molecule has 1 rings (SSSR count). The van der Waals surface area contributed by atoms with E-state index in [0.29, 0.717) is 6.42 Å². The first-order valence-corrected chi connectivity index (χ1v) is 3.43. The van der Waals surface area contributed by atoms with Crippen LogP contribution in [-0.4, -0.2) is 11.3 Å². The summed E-state index contributed by atoms with van der Waals surface area (Å²) in [6.07, 6.45) is 8.51. The van der Waals surface area contributed by atoms with Gasteiger partial charge in [0, 0.05) is 18.8 Å². The zero-order valence-electron chi connectivity index (χ0n) is 6.10. The van der Waals surface area contributed by atoms with Gasteiger partial charge in [-0.05, 0) is 17.7 Å². The van der Waals surface area contributed by atoms with Crippen LogP contribution in [0, 0.1) is 0 Å². The van der Waals surface area contributed by atoms with E-state index in [0.717, 1.165) is 11.8 Å². The first-order valence-electron chi connectivity index (χ1n) is 3.43. The monoisotopic (exact) mass is 147 g/mol. The lowest BCUT2D eigenvalue weighted by Crippen LogP contribution is -1.72. The lowest BCUT2D eigenvalue weighted by molar-refractivity contribution is -0.107. The second-order valence-electron chi connectivity index (χ2n) is 2.09. The molecule has 0 unspecified atom stereocenters. The lowest BCUT2D eigenvalue weighted by Gasteiger charge is -1.87. The van der Waals surface area contributed by atoms with Gasteiger partial charge in [-0.25, -0.2) is 0 Å². The summed E-state index contributed by atoms with van der Waals surface area (Å²) >= 11 is 0. The van der Waals surface area contributed by atoms with Crippen molar-refractivity contribution in [2.75, 3.05) is 0 Å². The molecule has 2 nitrogen and oxygen atoms in total. The van der Waals surface area contributed by atoms with Gasteiger partial charge in [0.15, 0.2) is 0 Å². The van der Waals surface area contributed by atoms with Crippen LogP contribution in [0.25, 0.3) is 6.08 Å². The van der Waals surface area contributed by atoms with Crippen molar-refractivity contribution in [3.8, 4) is 0 Å². The number of aldehydes is 1. The van der Waals surface area contributed by atoms with E-state index in [1.54, 1.807) is 12.4 Å². The van der Waals surface area contributed by atoms with Gasteiger partial charge in [-0.15, -0.1) is 0 Å². The van der Waals surface area contributed by atoms with E-state index >= 15 is 0 Å². The van der Waals surface area contributed by atoms with Crippen molar-refractivity contribution >= 4 is 12.4 Å². The molecule has 0 radical (unpaired) electrons. The van der Waals surface area contributed by atoms with E-state index in [1.165, 1.54) is 0 Å². The minimum absolute atomic E-state index is 0.475. The molecular weight excluding hydrogens is 138 g/mol. The van der Waals surface area contributed by atoms with E-state index in [4.69, 9.17) is 0 Å². The topological polar surface area (TPSA) is 30.0 Å². The van der Waals surface area contributed by atoms with E-state index in [-0.39, 0.29) is 0 Å². The Morgan fingerprint density at radius 2 is 2.09 bits per heavy atom. The fraction of sp³-hybridized carbons (Fsp3) is 0.111. The largest absolute Gasteiger partial charge is 0.303 e. The molecule has 56 valence electrons. The maximum atomic E-state index is 9.93. The van der Waals surface area contributed by atoms with Gasteiger partial charge in [-0.2, -0.15) is 0 Å². The molecule has 0 atom stereocenters. The molecule has 11 heavy (non-hydrogen) atoms. The zero-order valence-corrected chi connectivity index (χ0v) is 6.10. The summed E-state index contributed by atoms with van der Waals surface area (Å²) in [5.74, 6) is 0. The Bertz CT molecular complexity index is 241. The van der Waals surface area contributed by atoms with Gasteiger partial charge in [-0.3, -0.25) is 4.98 Å². The minimum atomic E-state index is 0.475. The molecule has 1 aromatic rings. The number of allylic oxidation sites excluding steroid dienone is 1. The number of nitrogens with zero attached hydrogens (tertiary/aromatic N) is 1. The highest BCUT2D eigenvalue weighted by atomic mass is 16.1. The summed E-state index contributed by atoms with van der Waals surface area (Å²) in [6.45, 7) is 0. The first-order chi connectivity index (χ1) is 5.43. The molecule has 0 saturated carbocycles. The van der Waals surface area contributed by atoms with Crippen molar-refractivity contribution in [3.05, 3.63) is 36.2 Å². The van der Waals surface area contributed by atoms with Crippen molar-refractivity contribution in [1.29, 1.82) is 0 Å². The van der Waals surface area contributed by atoms with Crippen molar-refractivity contribution in [2.45, 2.75) is 6.42 Å². The highest BCUT2D eigenvalue weighted by Gasteiger charge is 1.81. The van der Waals surface area contributed by atoms with Gasteiger partial charge in [0.2, 0.25) is 0 Å². The summed E-state index contributed by atoms with van der Waals surface area (Å²) in [5, 5.41) is 0. The Kier molecular flexibility index (Phi) is 3.06. The second-order valence-corrected chi connectivity index (χ2v) is 2.09. The number of aromatic nitrogens is 1. The summed E-state index contributed by atoms with van der Waals surface area (Å²) in [4.78, 5) is 13.8. The van der Waals surface area contributed by atoms with Crippen LogP contribution in [0.3, 0.4) is 0 Å². The maximum absolute atomic E-state index is 9.93. The molecule has 0 bridgehead atoms. The molecule has 2 heteroatoms. The quantitative estimate of drug-likeness (QED) is 0.609. The fourth-order valence-electron chi connectivity index (χ4n) is 0.734. The van der Waals surface area contributed by atoms with Crippen molar-refractivity contribution in [3.63, 3.8) is 0 Å². The number of pyridine rings is 1. The van der Waals surface area contributed by atoms with Crippen LogP contribution in [-0.2, 0) is 4.79 Å². The third kappa shape index (κ3) is 2.76. The van der Waals surface area contributed by atoms with Gasteiger partial charge in [0.25, 0.3) is 0 Å². The van der Waals surface area contributed by atoms with Crippen LogP contribution >= 0.6 is 0 Å². The molecule has 0 N–H and O–H groups in total. The first kappa shape index (κ1) is 7.66. The van der Waals surface area contributed by atoms with Gasteiger partial charge < -0.3 is 4.79 Å². The zero-order chi connectivity index (χ0) is 7.94. The SMILES string of the molecule is O=CCC=Cc1ccncc1. The Morgan fingerprint density at radius 3 is 2.73 bits per heavy atom. The molecular formula is C9H9NO. The molecule has 1 heterocycles. The molecule has 0 amide bonds. The predicted octanol–water partition coefficient (Wildman–Crippen LogP) is 1.68. The molecule has 0 aliphatic rings. The highest BCUT2D eigenvalue weighted by molar-refractivity contribution is 5.57. The molecule has 1 aromatic heterocycles. The Balaban J connectivity index is 2.57. The lowest BCUT2D eigenvalue weighted by atomic mass is 10.2. The highest BCUT2D eigenvalue weighted by Crippen LogP contribution is 1.98. The maximum Gasteiger partial charge on any atom is 0.123 e. The Hall–Kier alpha value is -1.44. The summed E-state index contributed by atoms with van der Waals surface area (Å²) in [7, 11) is 0. The molecule has 0 spiro atoms. The average molecular weight is 147 g/mol. The standard InChI is InChI=1S/C9H9NO/c11-8-2-1-3-9-4-6-10-7-5-9/h1,3-8H,2H2. The molecule has 0 aliphatic carbocycles. The smallest absolute Gasteiger partial charge is 0.123 e. The second kappa shape index (κ2) is 4.39. The van der Waals surface area contributed by atoms with Gasteiger partial charge in [-0.1, -0.05) is 12.2 Å². The van der Waals surface area contributed by atoms with Gasteiger partial charge in [0.05, 0.1) is 0 Å². The Morgan fingerprint density at radius 1 is 1.36 bits per heavy atom. The summed E-state index contributed by atoms with van der Waals surface area (Å²) in [6, 6.07) is 3.78. The van der Waals surface area contributed by atoms with E-state index in [9.17, 15) is 4.79 Å². The molecule has 0 aromatic carbocycles. The molecule has 0 saturated heterocycles. The van der Waals surface area contributed by atoms with Crippen LogP contribution in [0.1, 0.15) is 12.0 Å². The normalized spacial score (nSPS) is 10.2. The number of carbonyl (C=O) groups excluding carboxylic acids is 1. The Labute approximate surface area is 65.6 Å². The predicted molar refractivity (Wildman–Crippen MR) is 44.0 cm³/mol. The summed E-state index contributed by atoms with van der Waals surface area (Å²) < 4.78 is 0. The third-order valence-corrected chi connectivity index (χ3v) is 1.25. The van der Waals surface area contributed by atoms with Crippen LogP contribution in [0.4, 0.5) is 0 Å². The van der Waals surface area contributed by atoms with E-state index in [2.05, 4.69) is 4.98 Å². The summed E-state index contributed by atoms with van der Waals surface area (Å²) in [5.41, 5.74) is 1.07. The van der Waals surface area contributed by atoms with Crippen LogP contribution in [0.5, 0.6) is 0 Å². The fourth-order valence-corrected chi connectivity index (χ4v) is 0.734. The average Bonchev–Trinajstić information content (AvgIpc) is 2.07. The number of hydrogen-bond donors (Lipinski definition) is 0. The van der Waals surface area contributed by atoms with E-state index in [1.807, 2.05) is 24.3 Å². The molecule has 0 fully saturated rings. The third-order valence-electron chi connectivity index (χ3n) is 1.25. The van der Waals surface area contributed by atoms with Crippen LogP contribution in [0.2, 0.25) is 0 Å². The molecule has 0 aliphatic heterocycles. The van der Waals surface area contributed by atoms with Crippen molar-refractivity contribution in [1.82, 2.24) is 4.98 Å². The van der Waals surface area contributed by atoms with Crippen LogP contribution in [0.15, 0.2) is 30.6 Å². The minimum Gasteiger partial charge on any atom is -0.303 e. The van der Waals surface area contributed by atoms with Crippen molar-refractivity contribution < 1.29 is 4.79 Å². The van der Waals surface area contributed by atoms with Gasteiger partial charge >= 0.3 is 0 Å². The van der Waals surface area contributed by atoms with Gasteiger partial charge in [0.1, 0.15) is 6.29 Å². The van der Waals surface area contributed by atoms with Crippen LogP contribution < -0.4 is 0 Å².